The van der Waals surface area contributed by atoms with Gasteiger partial charge < -0.3 is 15.5 Å². The van der Waals surface area contributed by atoms with Crippen molar-refractivity contribution < 1.29 is 18.0 Å². The molecule has 2 N–H and O–H groups in total. The number of sulfone groups is 1. The molecule has 0 radical (unpaired) electrons. The van der Waals surface area contributed by atoms with Crippen molar-refractivity contribution in [3.8, 4) is 11.3 Å². The number of halogens is 1. The van der Waals surface area contributed by atoms with E-state index in [9.17, 15) is 18.0 Å². The molecule has 1 aromatic carbocycles. The number of hydrogen-bond donors (Lipinski definition) is 1. The highest BCUT2D eigenvalue weighted by atomic mass is 35.5. The van der Waals surface area contributed by atoms with Gasteiger partial charge in [0.15, 0.2) is 9.84 Å². The number of aromatic nitrogens is 1. The van der Waals surface area contributed by atoms with Gasteiger partial charge in [-0.05, 0) is 30.2 Å². The Morgan fingerprint density at radius 3 is 2.45 bits per heavy atom. The minimum Gasteiger partial charge on any atom is -0.369 e. The molecule has 31 heavy (non-hydrogen) atoms. The number of hydrogen-bond acceptors (Lipinski definition) is 5. The second kappa shape index (κ2) is 8.12. The summed E-state index contributed by atoms with van der Waals surface area (Å²) < 4.78 is 24.2. The molecule has 0 bridgehead atoms. The molecule has 2 fully saturated rings. The highest BCUT2D eigenvalue weighted by molar-refractivity contribution is 7.90. The van der Waals surface area contributed by atoms with Gasteiger partial charge in [-0.15, -0.1) is 0 Å². The molecule has 1 atom stereocenters. The minimum atomic E-state index is -3.46. The molecule has 8 nitrogen and oxygen atoms in total. The van der Waals surface area contributed by atoms with Crippen molar-refractivity contribution in [2.24, 2.45) is 11.7 Å². The quantitative estimate of drug-likeness (QED) is 0.747. The van der Waals surface area contributed by atoms with E-state index >= 15 is 0 Å². The standard InChI is InChI=1S/C21H23ClN4O4S/c1-31(29,30)19-8-16(22)3-4-17(19)18-5-2-13(9-24-18)15-11-26(12-15)21(28)25-7-6-14(10-25)20(23)27/h2-5,8-9,14-15H,6-7,10-12H2,1H3,(H2,23,27)/t14-/m0/s1. The largest absolute Gasteiger partial charge is 0.369 e. The van der Waals surface area contributed by atoms with E-state index in [0.717, 1.165) is 11.8 Å². The molecule has 10 heteroatoms. The van der Waals surface area contributed by atoms with Gasteiger partial charge in [-0.1, -0.05) is 23.7 Å². The van der Waals surface area contributed by atoms with Gasteiger partial charge in [0.05, 0.1) is 16.5 Å². The summed E-state index contributed by atoms with van der Waals surface area (Å²) in [7, 11) is -3.46. The van der Waals surface area contributed by atoms with Crippen molar-refractivity contribution in [2.75, 3.05) is 32.4 Å². The van der Waals surface area contributed by atoms with E-state index in [-0.39, 0.29) is 28.7 Å². The zero-order chi connectivity index (χ0) is 22.3. The SMILES string of the molecule is CS(=O)(=O)c1cc(Cl)ccc1-c1ccc(C2CN(C(=O)N3CC[C@H](C(N)=O)C3)C2)cn1. The maximum absolute atomic E-state index is 12.6. The average molecular weight is 463 g/mol. The number of nitrogens with two attached hydrogens (primary N) is 1. The van der Waals surface area contributed by atoms with Gasteiger partial charge in [-0.3, -0.25) is 9.78 Å². The number of benzene rings is 1. The van der Waals surface area contributed by atoms with Crippen LogP contribution in [0.5, 0.6) is 0 Å². The summed E-state index contributed by atoms with van der Waals surface area (Å²) in [6.45, 7) is 2.09. The Hall–Kier alpha value is -2.65. The molecule has 0 saturated carbocycles. The van der Waals surface area contributed by atoms with Crippen LogP contribution in [0.2, 0.25) is 5.02 Å². The molecule has 2 aliphatic heterocycles. The molecule has 0 unspecified atom stereocenters. The van der Waals surface area contributed by atoms with Crippen LogP contribution >= 0.6 is 11.6 Å². The second-order valence-electron chi connectivity index (χ2n) is 8.11. The molecule has 3 heterocycles. The van der Waals surface area contributed by atoms with E-state index in [1.807, 2.05) is 6.07 Å². The topological polar surface area (TPSA) is 114 Å². The molecule has 2 saturated heterocycles. The van der Waals surface area contributed by atoms with Crippen molar-refractivity contribution in [3.63, 3.8) is 0 Å². The number of carbonyl (C=O) groups excluding carboxylic acids is 2. The van der Waals surface area contributed by atoms with E-state index in [2.05, 4.69) is 4.98 Å². The smallest absolute Gasteiger partial charge is 0.320 e. The maximum Gasteiger partial charge on any atom is 0.320 e. The van der Waals surface area contributed by atoms with Gasteiger partial charge in [-0.2, -0.15) is 0 Å². The Balaban J connectivity index is 1.42. The zero-order valence-corrected chi connectivity index (χ0v) is 18.6. The summed E-state index contributed by atoms with van der Waals surface area (Å²) >= 11 is 5.97. The van der Waals surface area contributed by atoms with Crippen molar-refractivity contribution in [2.45, 2.75) is 17.2 Å². The molecule has 2 aliphatic rings. The lowest BCUT2D eigenvalue weighted by Crippen LogP contribution is -2.53. The molecule has 0 aliphatic carbocycles. The number of likely N-dealkylation sites (tertiary alicyclic amines) is 2. The van der Waals surface area contributed by atoms with Crippen LogP contribution in [0.4, 0.5) is 4.79 Å². The lowest BCUT2D eigenvalue weighted by atomic mass is 9.92. The first-order chi connectivity index (χ1) is 14.6. The third-order valence-corrected chi connectivity index (χ3v) is 7.26. The van der Waals surface area contributed by atoms with E-state index in [1.54, 1.807) is 34.2 Å². The molecule has 4 rings (SSSR count). The predicted octanol–water partition coefficient (Wildman–Crippen LogP) is 2.13. The van der Waals surface area contributed by atoms with E-state index < -0.39 is 9.84 Å². The summed E-state index contributed by atoms with van der Waals surface area (Å²) in [5, 5.41) is 0.347. The fraction of sp³-hybridized carbons (Fsp3) is 0.381. The molecular formula is C21H23ClN4O4S. The lowest BCUT2D eigenvalue weighted by Gasteiger charge is -2.41. The van der Waals surface area contributed by atoms with Crippen molar-refractivity contribution in [3.05, 3.63) is 47.1 Å². The monoisotopic (exact) mass is 462 g/mol. The lowest BCUT2D eigenvalue weighted by molar-refractivity contribution is -0.121. The number of urea groups is 1. The summed E-state index contributed by atoms with van der Waals surface area (Å²) in [6, 6.07) is 8.35. The van der Waals surface area contributed by atoms with Gasteiger partial charge in [0.2, 0.25) is 5.91 Å². The Morgan fingerprint density at radius 1 is 1.13 bits per heavy atom. The Morgan fingerprint density at radius 2 is 1.87 bits per heavy atom. The highest BCUT2D eigenvalue weighted by Crippen LogP contribution is 2.32. The van der Waals surface area contributed by atoms with E-state index in [4.69, 9.17) is 17.3 Å². The molecule has 2 aromatic rings. The number of primary amides is 1. The van der Waals surface area contributed by atoms with Crippen molar-refractivity contribution >= 4 is 33.4 Å². The summed E-state index contributed by atoms with van der Waals surface area (Å²) in [4.78, 5) is 31.9. The second-order valence-corrected chi connectivity index (χ2v) is 10.5. The van der Waals surface area contributed by atoms with Gasteiger partial charge in [-0.25, -0.2) is 13.2 Å². The van der Waals surface area contributed by atoms with Gasteiger partial charge in [0.25, 0.3) is 0 Å². The number of rotatable bonds is 4. The van der Waals surface area contributed by atoms with Crippen molar-refractivity contribution in [1.29, 1.82) is 0 Å². The first-order valence-corrected chi connectivity index (χ1v) is 12.2. The Bertz CT molecular complexity index is 1130. The third-order valence-electron chi connectivity index (χ3n) is 5.89. The Labute approximate surface area is 185 Å². The Kier molecular flexibility index (Phi) is 5.65. The number of amides is 3. The van der Waals surface area contributed by atoms with Gasteiger partial charge in [0.1, 0.15) is 0 Å². The number of pyridine rings is 1. The summed E-state index contributed by atoms with van der Waals surface area (Å²) in [5.41, 5.74) is 7.37. The van der Waals surface area contributed by atoms with Crippen molar-refractivity contribution in [1.82, 2.24) is 14.8 Å². The molecule has 3 amide bonds. The first kappa shape index (κ1) is 21.6. The van der Waals surface area contributed by atoms with Crippen LogP contribution in [-0.2, 0) is 14.6 Å². The predicted molar refractivity (Wildman–Crippen MR) is 116 cm³/mol. The van der Waals surface area contributed by atoms with Crippen LogP contribution in [0.25, 0.3) is 11.3 Å². The van der Waals surface area contributed by atoms with Gasteiger partial charge >= 0.3 is 6.03 Å². The average Bonchev–Trinajstić information content (AvgIpc) is 3.17. The maximum atomic E-state index is 12.6. The molecular weight excluding hydrogens is 440 g/mol. The summed E-state index contributed by atoms with van der Waals surface area (Å²) in [5.74, 6) is -0.454. The molecule has 0 spiro atoms. The third kappa shape index (κ3) is 4.38. The van der Waals surface area contributed by atoms with E-state index in [1.165, 1.54) is 6.07 Å². The van der Waals surface area contributed by atoms with Crippen LogP contribution in [0.1, 0.15) is 17.9 Å². The highest BCUT2D eigenvalue weighted by Gasteiger charge is 2.37. The fourth-order valence-electron chi connectivity index (χ4n) is 4.03. The number of carbonyl (C=O) groups is 2. The van der Waals surface area contributed by atoms with Crippen LogP contribution in [0.3, 0.4) is 0 Å². The van der Waals surface area contributed by atoms with Crippen LogP contribution in [0.15, 0.2) is 41.4 Å². The van der Waals surface area contributed by atoms with Crippen LogP contribution < -0.4 is 5.73 Å². The fourth-order valence-corrected chi connectivity index (χ4v) is 5.18. The number of nitrogens with zero attached hydrogens (tertiary/aromatic N) is 3. The van der Waals surface area contributed by atoms with Gasteiger partial charge in [0, 0.05) is 55.1 Å². The first-order valence-electron chi connectivity index (χ1n) is 9.92. The molecule has 1 aromatic heterocycles. The summed E-state index contributed by atoms with van der Waals surface area (Å²) in [6.07, 6.45) is 3.48. The van der Waals surface area contributed by atoms with Crippen LogP contribution in [-0.4, -0.2) is 67.6 Å². The zero-order valence-electron chi connectivity index (χ0n) is 17.0. The molecule has 164 valence electrons. The van der Waals surface area contributed by atoms with Crippen LogP contribution in [0, 0.1) is 5.92 Å². The minimum absolute atomic E-state index is 0.0662. The van der Waals surface area contributed by atoms with E-state index in [0.29, 0.717) is 48.9 Å². The normalized spacial score (nSPS) is 19.4.